The van der Waals surface area contributed by atoms with Crippen molar-refractivity contribution in [2.45, 2.75) is 53.4 Å². The molecule has 1 aromatic carbocycles. The Balaban J connectivity index is 1.47. The molecule has 1 amide bonds. The number of benzene rings is 1. The summed E-state index contributed by atoms with van der Waals surface area (Å²) in [6, 6.07) is 8.46. The van der Waals surface area contributed by atoms with Gasteiger partial charge in [0.1, 0.15) is 0 Å². The van der Waals surface area contributed by atoms with Gasteiger partial charge in [-0.15, -0.1) is 22.7 Å². The Morgan fingerprint density at radius 3 is 2.62 bits per heavy atom. The first-order valence-corrected chi connectivity index (χ1v) is 12.1. The first kappa shape index (κ1) is 20.3. The lowest BCUT2D eigenvalue weighted by molar-refractivity contribution is 0.102. The molecule has 29 heavy (non-hydrogen) atoms. The van der Waals surface area contributed by atoms with Gasteiger partial charge in [-0.05, 0) is 48.1 Å². The SMILES string of the molecule is CCc1ccc(-c2csc(NC(=O)c3csc4c3CCC(C(C)(C)C)C4)n2)cc1. The predicted octanol–water partition coefficient (Wildman–Crippen LogP) is 6.84. The van der Waals surface area contributed by atoms with Gasteiger partial charge in [0, 0.05) is 21.2 Å². The van der Waals surface area contributed by atoms with Gasteiger partial charge < -0.3 is 0 Å². The number of thiophene rings is 1. The molecule has 0 fully saturated rings. The van der Waals surface area contributed by atoms with E-state index in [2.05, 4.69) is 62.3 Å². The van der Waals surface area contributed by atoms with Gasteiger partial charge in [-0.25, -0.2) is 4.98 Å². The van der Waals surface area contributed by atoms with Crippen LogP contribution in [0.15, 0.2) is 35.0 Å². The first-order chi connectivity index (χ1) is 13.8. The Morgan fingerprint density at radius 2 is 1.93 bits per heavy atom. The van der Waals surface area contributed by atoms with E-state index in [1.165, 1.54) is 27.3 Å². The minimum atomic E-state index is -0.0288. The predicted molar refractivity (Wildman–Crippen MR) is 124 cm³/mol. The number of carbonyl (C=O) groups excluding carboxylic acids is 1. The average Bonchev–Trinajstić information content (AvgIpc) is 3.33. The molecule has 1 aliphatic carbocycles. The molecular weight excluding hydrogens is 396 g/mol. The minimum absolute atomic E-state index is 0.0288. The van der Waals surface area contributed by atoms with Gasteiger partial charge in [0.05, 0.1) is 11.3 Å². The Morgan fingerprint density at radius 1 is 1.17 bits per heavy atom. The summed E-state index contributed by atoms with van der Waals surface area (Å²) in [6.45, 7) is 9.11. The maximum atomic E-state index is 12.9. The molecular formula is C24H28N2OS2. The van der Waals surface area contributed by atoms with E-state index in [4.69, 9.17) is 0 Å². The van der Waals surface area contributed by atoms with Crippen molar-refractivity contribution in [2.75, 3.05) is 5.32 Å². The lowest BCUT2D eigenvalue weighted by atomic mass is 9.72. The average molecular weight is 425 g/mol. The number of rotatable bonds is 4. The molecule has 1 aliphatic rings. The van der Waals surface area contributed by atoms with E-state index >= 15 is 0 Å². The summed E-state index contributed by atoms with van der Waals surface area (Å²) in [5.74, 6) is 0.657. The molecule has 2 heterocycles. The number of thiazole rings is 1. The third kappa shape index (κ3) is 4.31. The van der Waals surface area contributed by atoms with Crippen molar-refractivity contribution >= 4 is 33.7 Å². The second-order valence-electron chi connectivity index (χ2n) is 8.90. The second-order valence-corrected chi connectivity index (χ2v) is 10.7. The van der Waals surface area contributed by atoms with Crippen LogP contribution in [-0.4, -0.2) is 10.9 Å². The zero-order valence-electron chi connectivity index (χ0n) is 17.5. The van der Waals surface area contributed by atoms with Gasteiger partial charge >= 0.3 is 0 Å². The zero-order valence-corrected chi connectivity index (χ0v) is 19.2. The highest BCUT2D eigenvalue weighted by Crippen LogP contribution is 2.40. The Hall–Kier alpha value is -1.98. The van der Waals surface area contributed by atoms with E-state index in [0.29, 0.717) is 16.5 Å². The summed E-state index contributed by atoms with van der Waals surface area (Å²) in [7, 11) is 0. The molecule has 0 saturated heterocycles. The maximum Gasteiger partial charge on any atom is 0.258 e. The molecule has 0 bridgehead atoms. The number of hydrogen-bond acceptors (Lipinski definition) is 4. The van der Waals surface area contributed by atoms with Crippen molar-refractivity contribution in [1.29, 1.82) is 0 Å². The van der Waals surface area contributed by atoms with Crippen LogP contribution in [0.1, 0.15) is 60.5 Å². The van der Waals surface area contributed by atoms with Crippen LogP contribution in [0.5, 0.6) is 0 Å². The third-order valence-electron chi connectivity index (χ3n) is 6.01. The van der Waals surface area contributed by atoms with Gasteiger partial charge in [-0.3, -0.25) is 10.1 Å². The number of carbonyl (C=O) groups is 1. The van der Waals surface area contributed by atoms with Crippen LogP contribution in [-0.2, 0) is 19.3 Å². The summed E-state index contributed by atoms with van der Waals surface area (Å²) in [4.78, 5) is 18.9. The molecule has 1 N–H and O–H groups in total. The Kier molecular flexibility index (Phi) is 5.63. The quantitative estimate of drug-likeness (QED) is 0.498. The van der Waals surface area contributed by atoms with Crippen LogP contribution in [0, 0.1) is 11.3 Å². The third-order valence-corrected chi connectivity index (χ3v) is 7.82. The highest BCUT2D eigenvalue weighted by molar-refractivity contribution is 7.14. The molecule has 1 unspecified atom stereocenters. The Labute approximate surface area is 181 Å². The molecule has 152 valence electrons. The molecule has 0 aliphatic heterocycles. The number of nitrogens with zero attached hydrogens (tertiary/aromatic N) is 1. The minimum Gasteiger partial charge on any atom is -0.298 e. The van der Waals surface area contributed by atoms with Crippen LogP contribution < -0.4 is 5.32 Å². The fourth-order valence-corrected chi connectivity index (χ4v) is 5.86. The highest BCUT2D eigenvalue weighted by Gasteiger charge is 2.31. The fraction of sp³-hybridized carbons (Fsp3) is 0.417. The maximum absolute atomic E-state index is 12.9. The van der Waals surface area contributed by atoms with Crippen LogP contribution in [0.25, 0.3) is 11.3 Å². The van der Waals surface area contributed by atoms with E-state index in [0.717, 1.165) is 42.5 Å². The largest absolute Gasteiger partial charge is 0.298 e. The topological polar surface area (TPSA) is 42.0 Å². The summed E-state index contributed by atoms with van der Waals surface area (Å²) in [5.41, 5.74) is 5.71. The standard InChI is InChI=1S/C24H28N2OS2/c1-5-15-6-8-16(9-7-15)20-14-29-23(25-20)26-22(27)19-13-28-21-12-17(24(2,3)4)10-11-18(19)21/h6-9,13-14,17H,5,10-12H2,1-4H3,(H,25,26,27). The number of aryl methyl sites for hydroxylation is 1. The van der Waals surface area contributed by atoms with Crippen molar-refractivity contribution in [1.82, 2.24) is 4.98 Å². The molecule has 5 heteroatoms. The van der Waals surface area contributed by atoms with Crippen molar-refractivity contribution in [3.05, 3.63) is 56.6 Å². The van der Waals surface area contributed by atoms with Crippen LogP contribution >= 0.6 is 22.7 Å². The summed E-state index contributed by atoms with van der Waals surface area (Å²) in [6.07, 6.45) is 4.27. The van der Waals surface area contributed by atoms with Gasteiger partial charge in [0.15, 0.2) is 5.13 Å². The lowest BCUT2D eigenvalue weighted by Crippen LogP contribution is -2.27. The number of hydrogen-bond donors (Lipinski definition) is 1. The number of fused-ring (bicyclic) bond motifs is 1. The zero-order chi connectivity index (χ0) is 20.6. The van der Waals surface area contributed by atoms with Crippen LogP contribution in [0.3, 0.4) is 0 Å². The monoisotopic (exact) mass is 424 g/mol. The number of aromatic nitrogens is 1. The number of nitrogens with one attached hydrogen (secondary N) is 1. The first-order valence-electron chi connectivity index (χ1n) is 10.3. The van der Waals surface area contributed by atoms with E-state index < -0.39 is 0 Å². The summed E-state index contributed by atoms with van der Waals surface area (Å²) < 4.78 is 0. The van der Waals surface area contributed by atoms with Gasteiger partial charge in [0.2, 0.25) is 0 Å². The normalized spacial score (nSPS) is 16.5. The molecule has 0 saturated carbocycles. The molecule has 3 aromatic rings. The van der Waals surface area contributed by atoms with E-state index in [1.807, 2.05) is 10.8 Å². The molecule has 2 aromatic heterocycles. The summed E-state index contributed by atoms with van der Waals surface area (Å²) in [5, 5.41) is 7.72. The number of amides is 1. The van der Waals surface area contributed by atoms with Crippen molar-refractivity contribution in [3.63, 3.8) is 0 Å². The van der Waals surface area contributed by atoms with E-state index in [-0.39, 0.29) is 5.91 Å². The lowest BCUT2D eigenvalue weighted by Gasteiger charge is -2.34. The Bertz CT molecular complexity index is 1010. The van der Waals surface area contributed by atoms with Crippen LogP contribution in [0.2, 0.25) is 0 Å². The van der Waals surface area contributed by atoms with Crippen molar-refractivity contribution < 1.29 is 4.79 Å². The molecule has 1 atom stereocenters. The van der Waals surface area contributed by atoms with Gasteiger partial charge in [-0.2, -0.15) is 0 Å². The number of anilines is 1. The van der Waals surface area contributed by atoms with Gasteiger partial charge in [0.25, 0.3) is 5.91 Å². The summed E-state index contributed by atoms with van der Waals surface area (Å²) >= 11 is 3.22. The van der Waals surface area contributed by atoms with Crippen molar-refractivity contribution in [3.8, 4) is 11.3 Å². The van der Waals surface area contributed by atoms with E-state index in [1.54, 1.807) is 11.3 Å². The fourth-order valence-electron chi connectivity index (χ4n) is 3.98. The molecule has 0 spiro atoms. The van der Waals surface area contributed by atoms with E-state index in [9.17, 15) is 4.79 Å². The smallest absolute Gasteiger partial charge is 0.258 e. The molecule has 0 radical (unpaired) electrons. The second kappa shape index (κ2) is 8.04. The highest BCUT2D eigenvalue weighted by atomic mass is 32.1. The van der Waals surface area contributed by atoms with Crippen molar-refractivity contribution in [2.24, 2.45) is 11.3 Å². The van der Waals surface area contributed by atoms with Gasteiger partial charge in [-0.1, -0.05) is 52.0 Å². The molecule has 4 rings (SSSR count). The van der Waals surface area contributed by atoms with Crippen LogP contribution in [0.4, 0.5) is 5.13 Å². The molecule has 3 nitrogen and oxygen atoms in total.